The lowest BCUT2D eigenvalue weighted by atomic mass is 9.90. The summed E-state index contributed by atoms with van der Waals surface area (Å²) in [6.07, 6.45) is 7.12. The second-order valence-corrected chi connectivity index (χ2v) is 9.44. The van der Waals surface area contributed by atoms with Crippen LogP contribution in [0.15, 0.2) is 0 Å². The number of hydrogen-bond donors (Lipinski definition) is 0. The Balaban J connectivity index is 2.13. The average Bonchev–Trinajstić information content (AvgIpc) is 2.02. The Morgan fingerprint density at radius 2 is 1.67 bits per heavy atom. The predicted octanol–water partition coefficient (Wildman–Crippen LogP) is 3.42. The van der Waals surface area contributed by atoms with Gasteiger partial charge in [-0.15, -0.1) is 0 Å². The Labute approximate surface area is 77.6 Å². The van der Waals surface area contributed by atoms with E-state index < -0.39 is 8.32 Å². The molecule has 0 aromatic carbocycles. The fourth-order valence-corrected chi connectivity index (χ4v) is 2.46. The van der Waals surface area contributed by atoms with E-state index in [9.17, 15) is 0 Å². The number of hydrogen-bond acceptors (Lipinski definition) is 1. The zero-order valence-corrected chi connectivity index (χ0v) is 9.73. The van der Waals surface area contributed by atoms with E-state index in [1.54, 1.807) is 0 Å². The van der Waals surface area contributed by atoms with Gasteiger partial charge >= 0.3 is 0 Å². The van der Waals surface area contributed by atoms with Crippen molar-refractivity contribution in [3.63, 3.8) is 0 Å². The molecule has 0 atom stereocenters. The lowest BCUT2D eigenvalue weighted by Gasteiger charge is -2.25. The molecular weight excluding hydrogens is 164 g/mol. The summed E-state index contributed by atoms with van der Waals surface area (Å²) >= 11 is 0. The summed E-state index contributed by atoms with van der Waals surface area (Å²) in [5.41, 5.74) is 0. The van der Waals surface area contributed by atoms with Gasteiger partial charge in [-0.3, -0.25) is 0 Å². The third-order valence-electron chi connectivity index (χ3n) is 2.48. The first kappa shape index (κ1) is 10.3. The molecule has 1 aliphatic rings. The normalized spacial score (nSPS) is 21.2. The number of rotatable bonds is 3. The summed E-state index contributed by atoms with van der Waals surface area (Å²) < 4.78 is 5.91. The summed E-state index contributed by atoms with van der Waals surface area (Å²) in [5.74, 6) is 0.880. The molecule has 0 N–H and O–H groups in total. The van der Waals surface area contributed by atoms with Gasteiger partial charge in [-0.25, -0.2) is 0 Å². The first-order valence-electron chi connectivity index (χ1n) is 5.22. The van der Waals surface area contributed by atoms with Gasteiger partial charge in [0.15, 0.2) is 8.32 Å². The predicted molar refractivity (Wildman–Crippen MR) is 55.9 cm³/mol. The van der Waals surface area contributed by atoms with Crippen LogP contribution in [0, 0.1) is 5.92 Å². The highest BCUT2D eigenvalue weighted by atomic mass is 28.4. The van der Waals surface area contributed by atoms with Gasteiger partial charge < -0.3 is 4.43 Å². The van der Waals surface area contributed by atoms with Gasteiger partial charge in [0.05, 0.1) is 0 Å². The van der Waals surface area contributed by atoms with E-state index in [1.165, 1.54) is 32.1 Å². The third-order valence-corrected chi connectivity index (χ3v) is 3.51. The standard InChI is InChI=1S/C10H22OSi/c1-12(2,3)11-9-10-7-5-4-6-8-10/h10H,4-9H2,1-3H3. The van der Waals surface area contributed by atoms with Crippen molar-refractivity contribution in [2.45, 2.75) is 51.7 Å². The van der Waals surface area contributed by atoms with E-state index in [0.717, 1.165) is 12.5 Å². The maximum Gasteiger partial charge on any atom is 0.183 e. The maximum absolute atomic E-state index is 5.91. The fraction of sp³-hybridized carbons (Fsp3) is 1.00. The molecule has 0 saturated heterocycles. The van der Waals surface area contributed by atoms with Crippen molar-refractivity contribution in [1.82, 2.24) is 0 Å². The van der Waals surface area contributed by atoms with Crippen LogP contribution in [0.2, 0.25) is 19.6 Å². The maximum atomic E-state index is 5.91. The summed E-state index contributed by atoms with van der Waals surface area (Å²) in [6, 6.07) is 0. The minimum absolute atomic E-state index is 0.880. The van der Waals surface area contributed by atoms with Crippen LogP contribution in [-0.2, 0) is 4.43 Å². The zero-order valence-electron chi connectivity index (χ0n) is 8.73. The van der Waals surface area contributed by atoms with E-state index in [0.29, 0.717) is 0 Å². The Kier molecular flexibility index (Phi) is 3.78. The summed E-state index contributed by atoms with van der Waals surface area (Å²) in [5, 5.41) is 0. The highest BCUT2D eigenvalue weighted by Crippen LogP contribution is 2.24. The van der Waals surface area contributed by atoms with Crippen LogP contribution in [0.5, 0.6) is 0 Å². The van der Waals surface area contributed by atoms with Crippen LogP contribution >= 0.6 is 0 Å². The lowest BCUT2D eigenvalue weighted by molar-refractivity contribution is 0.203. The summed E-state index contributed by atoms with van der Waals surface area (Å²) in [6.45, 7) is 7.86. The average molecular weight is 186 g/mol. The zero-order chi connectivity index (χ0) is 9.03. The molecule has 0 radical (unpaired) electrons. The molecule has 0 heterocycles. The molecule has 0 aromatic rings. The highest BCUT2D eigenvalue weighted by Gasteiger charge is 2.19. The molecule has 1 aliphatic carbocycles. The van der Waals surface area contributed by atoms with Crippen LogP contribution in [0.4, 0.5) is 0 Å². The Hall–Kier alpha value is 0.177. The van der Waals surface area contributed by atoms with Crippen molar-refractivity contribution in [3.05, 3.63) is 0 Å². The van der Waals surface area contributed by atoms with E-state index in [4.69, 9.17) is 4.43 Å². The lowest BCUT2D eigenvalue weighted by Crippen LogP contribution is -2.29. The molecule has 1 fully saturated rings. The van der Waals surface area contributed by atoms with Gasteiger partial charge in [-0.2, -0.15) is 0 Å². The van der Waals surface area contributed by atoms with Crippen molar-refractivity contribution in [2.75, 3.05) is 6.61 Å². The molecule has 0 spiro atoms. The molecule has 0 aliphatic heterocycles. The van der Waals surface area contributed by atoms with Gasteiger partial charge in [0.2, 0.25) is 0 Å². The molecule has 0 aromatic heterocycles. The van der Waals surface area contributed by atoms with E-state index in [1.807, 2.05) is 0 Å². The summed E-state index contributed by atoms with van der Waals surface area (Å²) in [7, 11) is -1.24. The van der Waals surface area contributed by atoms with Crippen molar-refractivity contribution >= 4 is 8.32 Å². The molecule has 72 valence electrons. The van der Waals surface area contributed by atoms with Crippen molar-refractivity contribution in [1.29, 1.82) is 0 Å². The van der Waals surface area contributed by atoms with Crippen LogP contribution in [-0.4, -0.2) is 14.9 Å². The van der Waals surface area contributed by atoms with Gasteiger partial charge in [0.25, 0.3) is 0 Å². The molecule has 1 nitrogen and oxygen atoms in total. The summed E-state index contributed by atoms with van der Waals surface area (Å²) in [4.78, 5) is 0. The second kappa shape index (κ2) is 4.42. The fourth-order valence-electron chi connectivity index (χ4n) is 1.72. The van der Waals surface area contributed by atoms with E-state index in [2.05, 4.69) is 19.6 Å². The van der Waals surface area contributed by atoms with Crippen molar-refractivity contribution < 1.29 is 4.43 Å². The molecule has 0 bridgehead atoms. The monoisotopic (exact) mass is 186 g/mol. The SMILES string of the molecule is C[Si](C)(C)OCC1CCCCC1. The minimum atomic E-state index is -1.24. The molecule has 2 heteroatoms. The first-order valence-corrected chi connectivity index (χ1v) is 8.63. The molecule has 12 heavy (non-hydrogen) atoms. The minimum Gasteiger partial charge on any atom is -0.417 e. The largest absolute Gasteiger partial charge is 0.417 e. The van der Waals surface area contributed by atoms with E-state index >= 15 is 0 Å². The van der Waals surface area contributed by atoms with Crippen LogP contribution in [0.1, 0.15) is 32.1 Å². The quantitative estimate of drug-likeness (QED) is 0.614. The molecule has 1 rings (SSSR count). The third kappa shape index (κ3) is 4.26. The van der Waals surface area contributed by atoms with Gasteiger partial charge in [0.1, 0.15) is 0 Å². The van der Waals surface area contributed by atoms with Crippen molar-refractivity contribution in [3.8, 4) is 0 Å². The Bertz CT molecular complexity index is 122. The Morgan fingerprint density at radius 3 is 2.17 bits per heavy atom. The smallest absolute Gasteiger partial charge is 0.183 e. The molecule has 0 unspecified atom stereocenters. The molecular formula is C10H22OSi. The first-order chi connectivity index (χ1) is 5.58. The Morgan fingerprint density at radius 1 is 1.08 bits per heavy atom. The van der Waals surface area contributed by atoms with Crippen molar-refractivity contribution in [2.24, 2.45) is 5.92 Å². The second-order valence-electron chi connectivity index (χ2n) is 4.93. The molecule has 0 amide bonds. The van der Waals surface area contributed by atoms with Crippen LogP contribution in [0.3, 0.4) is 0 Å². The van der Waals surface area contributed by atoms with Crippen LogP contribution < -0.4 is 0 Å². The van der Waals surface area contributed by atoms with Crippen LogP contribution in [0.25, 0.3) is 0 Å². The van der Waals surface area contributed by atoms with Gasteiger partial charge in [0, 0.05) is 6.61 Å². The molecule has 1 saturated carbocycles. The highest BCUT2D eigenvalue weighted by molar-refractivity contribution is 6.69. The topological polar surface area (TPSA) is 9.23 Å². The van der Waals surface area contributed by atoms with Gasteiger partial charge in [-0.1, -0.05) is 19.3 Å². The van der Waals surface area contributed by atoms with E-state index in [-0.39, 0.29) is 0 Å². The van der Waals surface area contributed by atoms with Gasteiger partial charge in [-0.05, 0) is 38.4 Å².